The highest BCUT2D eigenvalue weighted by molar-refractivity contribution is 6.36. The summed E-state index contributed by atoms with van der Waals surface area (Å²) >= 11 is 6.44. The molecule has 1 fully saturated rings. The maximum absolute atomic E-state index is 6.44. The van der Waals surface area contributed by atoms with Gasteiger partial charge in [0.2, 0.25) is 0 Å². The van der Waals surface area contributed by atoms with Gasteiger partial charge in [-0.3, -0.25) is 0 Å². The smallest absolute Gasteiger partial charge is 0.0531 e. The Morgan fingerprint density at radius 3 is 2.88 bits per heavy atom. The first-order valence-corrected chi connectivity index (χ1v) is 6.51. The fraction of sp³-hybridized carbons (Fsp3) is 0.429. The Morgan fingerprint density at radius 1 is 1.41 bits per heavy atom. The summed E-state index contributed by atoms with van der Waals surface area (Å²) in [5.74, 6) is 0. The zero-order valence-electron chi connectivity index (χ0n) is 10.0. The summed E-state index contributed by atoms with van der Waals surface area (Å²) in [6.07, 6.45) is 4.35. The van der Waals surface area contributed by atoms with E-state index in [-0.39, 0.29) is 5.54 Å². The maximum Gasteiger partial charge on any atom is 0.0531 e. The van der Waals surface area contributed by atoms with Crippen molar-refractivity contribution in [1.82, 2.24) is 4.98 Å². The summed E-state index contributed by atoms with van der Waals surface area (Å²) < 4.78 is 0. The Kier molecular flexibility index (Phi) is 2.46. The van der Waals surface area contributed by atoms with Crippen molar-refractivity contribution in [2.45, 2.75) is 38.1 Å². The third-order valence-electron chi connectivity index (χ3n) is 3.74. The van der Waals surface area contributed by atoms with Crippen molar-refractivity contribution < 1.29 is 0 Å². The minimum Gasteiger partial charge on any atom is -0.359 e. The molecule has 1 aliphatic carbocycles. The number of benzene rings is 1. The largest absolute Gasteiger partial charge is 0.359 e. The summed E-state index contributed by atoms with van der Waals surface area (Å²) in [5.41, 5.74) is 9.70. The van der Waals surface area contributed by atoms with Gasteiger partial charge in [0, 0.05) is 22.1 Å². The van der Waals surface area contributed by atoms with Crippen LogP contribution in [0.15, 0.2) is 18.2 Å². The van der Waals surface area contributed by atoms with Crippen LogP contribution in [0.4, 0.5) is 0 Å². The Bertz CT molecular complexity index is 567. The van der Waals surface area contributed by atoms with Crippen LogP contribution in [0.25, 0.3) is 10.9 Å². The quantitative estimate of drug-likeness (QED) is 0.857. The van der Waals surface area contributed by atoms with E-state index in [9.17, 15) is 0 Å². The third-order valence-corrected chi connectivity index (χ3v) is 4.18. The molecule has 0 amide bonds. The lowest BCUT2D eigenvalue weighted by molar-refractivity contribution is 0.609. The first-order valence-electron chi connectivity index (χ1n) is 6.13. The molecule has 90 valence electrons. The number of hydrogen-bond donors (Lipinski definition) is 2. The van der Waals surface area contributed by atoms with E-state index in [4.69, 9.17) is 17.3 Å². The standard InChI is InChI=1S/C14H17ClN2/c1-9-8-11-12(17-9)3-2-10(13(11)15)4-5-14(16)6-7-14/h2-3,8,17H,4-7,16H2,1H3. The predicted molar refractivity (Wildman–Crippen MR) is 72.5 cm³/mol. The number of aryl methyl sites for hydroxylation is 2. The third kappa shape index (κ3) is 2.07. The van der Waals surface area contributed by atoms with Gasteiger partial charge in [0.05, 0.1) is 5.02 Å². The summed E-state index contributed by atoms with van der Waals surface area (Å²) in [5, 5.41) is 2.01. The molecule has 0 spiro atoms. The summed E-state index contributed by atoms with van der Waals surface area (Å²) in [4.78, 5) is 3.30. The molecule has 0 radical (unpaired) electrons. The maximum atomic E-state index is 6.44. The monoisotopic (exact) mass is 248 g/mol. The second kappa shape index (κ2) is 3.76. The minimum atomic E-state index is 0.104. The van der Waals surface area contributed by atoms with Gasteiger partial charge >= 0.3 is 0 Å². The topological polar surface area (TPSA) is 41.8 Å². The fourth-order valence-electron chi connectivity index (χ4n) is 2.34. The van der Waals surface area contributed by atoms with Gasteiger partial charge < -0.3 is 10.7 Å². The molecule has 0 unspecified atom stereocenters. The number of aromatic amines is 1. The Hall–Kier alpha value is -0.990. The van der Waals surface area contributed by atoms with Gasteiger partial charge in [0.25, 0.3) is 0 Å². The van der Waals surface area contributed by atoms with Crippen LogP contribution in [0.3, 0.4) is 0 Å². The number of hydrogen-bond acceptors (Lipinski definition) is 1. The molecule has 0 bridgehead atoms. The molecule has 17 heavy (non-hydrogen) atoms. The van der Waals surface area contributed by atoms with Crippen LogP contribution in [-0.4, -0.2) is 10.5 Å². The van der Waals surface area contributed by atoms with Crippen LogP contribution < -0.4 is 5.73 Å². The SMILES string of the molecule is Cc1cc2c(Cl)c(CCC3(N)CC3)ccc2[nH]1. The highest BCUT2D eigenvalue weighted by atomic mass is 35.5. The van der Waals surface area contributed by atoms with Gasteiger partial charge in [-0.25, -0.2) is 0 Å². The van der Waals surface area contributed by atoms with Crippen molar-refractivity contribution in [2.75, 3.05) is 0 Å². The molecule has 3 heteroatoms. The molecule has 1 saturated carbocycles. The number of halogens is 1. The van der Waals surface area contributed by atoms with E-state index in [1.807, 2.05) is 0 Å². The van der Waals surface area contributed by atoms with Crippen LogP contribution in [0, 0.1) is 6.92 Å². The van der Waals surface area contributed by atoms with Crippen molar-refractivity contribution in [3.05, 3.63) is 34.5 Å². The number of fused-ring (bicyclic) bond motifs is 1. The lowest BCUT2D eigenvalue weighted by Gasteiger charge is -2.09. The van der Waals surface area contributed by atoms with E-state index < -0.39 is 0 Å². The molecular weight excluding hydrogens is 232 g/mol. The Balaban J connectivity index is 1.91. The molecule has 1 aromatic heterocycles. The zero-order chi connectivity index (χ0) is 12.0. The number of aromatic nitrogens is 1. The van der Waals surface area contributed by atoms with Gasteiger partial charge in [-0.1, -0.05) is 17.7 Å². The zero-order valence-corrected chi connectivity index (χ0v) is 10.8. The second-order valence-electron chi connectivity index (χ2n) is 5.31. The Morgan fingerprint density at radius 2 is 2.18 bits per heavy atom. The Labute approximate surface area is 106 Å². The van der Waals surface area contributed by atoms with Crippen LogP contribution >= 0.6 is 11.6 Å². The average Bonchev–Trinajstić information content (AvgIpc) is 2.88. The number of nitrogens with one attached hydrogen (secondary N) is 1. The lowest BCUT2D eigenvalue weighted by Crippen LogP contribution is -2.22. The van der Waals surface area contributed by atoms with Gasteiger partial charge in [-0.05, 0) is 50.3 Å². The number of nitrogens with two attached hydrogens (primary N) is 1. The molecule has 3 N–H and O–H groups in total. The summed E-state index contributed by atoms with van der Waals surface area (Å²) in [7, 11) is 0. The molecular formula is C14H17ClN2. The van der Waals surface area contributed by atoms with E-state index in [0.717, 1.165) is 47.3 Å². The van der Waals surface area contributed by atoms with E-state index in [1.54, 1.807) is 0 Å². The number of H-pyrrole nitrogens is 1. The molecule has 3 rings (SSSR count). The van der Waals surface area contributed by atoms with Crippen LogP contribution in [-0.2, 0) is 6.42 Å². The van der Waals surface area contributed by atoms with Crippen molar-refractivity contribution >= 4 is 22.5 Å². The molecule has 2 nitrogen and oxygen atoms in total. The summed E-state index contributed by atoms with van der Waals surface area (Å²) in [6.45, 7) is 2.05. The second-order valence-corrected chi connectivity index (χ2v) is 5.69. The molecule has 0 saturated heterocycles. The van der Waals surface area contributed by atoms with Gasteiger partial charge in [-0.2, -0.15) is 0 Å². The summed E-state index contributed by atoms with van der Waals surface area (Å²) in [6, 6.07) is 6.34. The van der Waals surface area contributed by atoms with Gasteiger partial charge in [-0.15, -0.1) is 0 Å². The normalized spacial score (nSPS) is 17.6. The molecule has 1 heterocycles. The average molecular weight is 249 g/mol. The van der Waals surface area contributed by atoms with Gasteiger partial charge in [0.1, 0.15) is 0 Å². The van der Waals surface area contributed by atoms with E-state index >= 15 is 0 Å². The molecule has 2 aromatic rings. The van der Waals surface area contributed by atoms with E-state index in [1.165, 1.54) is 5.56 Å². The highest BCUT2D eigenvalue weighted by Gasteiger charge is 2.37. The first-order chi connectivity index (χ1) is 8.07. The first kappa shape index (κ1) is 11.1. The molecule has 1 aromatic carbocycles. The predicted octanol–water partition coefficient (Wildman–Crippen LogP) is 3.55. The van der Waals surface area contributed by atoms with Crippen molar-refractivity contribution in [3.8, 4) is 0 Å². The lowest BCUT2D eigenvalue weighted by atomic mass is 10.0. The van der Waals surface area contributed by atoms with Crippen LogP contribution in [0.1, 0.15) is 30.5 Å². The van der Waals surface area contributed by atoms with Crippen molar-refractivity contribution in [1.29, 1.82) is 0 Å². The van der Waals surface area contributed by atoms with E-state index in [0.29, 0.717) is 0 Å². The fourth-order valence-corrected chi connectivity index (χ4v) is 2.65. The van der Waals surface area contributed by atoms with Crippen LogP contribution in [0.5, 0.6) is 0 Å². The van der Waals surface area contributed by atoms with E-state index in [2.05, 4.69) is 30.1 Å². The number of rotatable bonds is 3. The van der Waals surface area contributed by atoms with Crippen molar-refractivity contribution in [3.63, 3.8) is 0 Å². The molecule has 0 atom stereocenters. The molecule has 0 aliphatic heterocycles. The molecule has 1 aliphatic rings. The van der Waals surface area contributed by atoms with Crippen LogP contribution in [0.2, 0.25) is 5.02 Å². The van der Waals surface area contributed by atoms with Crippen molar-refractivity contribution in [2.24, 2.45) is 5.73 Å². The highest BCUT2D eigenvalue weighted by Crippen LogP contribution is 2.38. The van der Waals surface area contributed by atoms with Gasteiger partial charge in [0.15, 0.2) is 0 Å². The minimum absolute atomic E-state index is 0.104.